The van der Waals surface area contributed by atoms with Crippen LogP contribution < -0.4 is 0 Å². The minimum atomic E-state index is -0.443. The monoisotopic (exact) mass is 341 g/mol. The van der Waals surface area contributed by atoms with E-state index in [-0.39, 0.29) is 23.6 Å². The van der Waals surface area contributed by atoms with Gasteiger partial charge in [0, 0.05) is 6.04 Å². The molecule has 0 spiro atoms. The Labute approximate surface area is 152 Å². The van der Waals surface area contributed by atoms with Crippen LogP contribution in [0.4, 0.5) is 4.79 Å². The summed E-state index contributed by atoms with van der Waals surface area (Å²) >= 11 is 0. The van der Waals surface area contributed by atoms with Gasteiger partial charge in [-0.15, -0.1) is 0 Å². The number of benzene rings is 1. The van der Waals surface area contributed by atoms with Gasteiger partial charge >= 0.3 is 6.09 Å². The normalized spacial score (nSPS) is 23.4. The van der Waals surface area contributed by atoms with Crippen LogP contribution in [0.3, 0.4) is 0 Å². The molecule has 2 bridgehead atoms. The number of carbonyl (C=O) groups excluding carboxylic acids is 1. The van der Waals surface area contributed by atoms with Gasteiger partial charge in [-0.3, -0.25) is 4.90 Å². The SMILES string of the molecule is CC(C)(C)OC(=O)N1C2C=C(c3cccc(C(C)(C)C)c3)CC1CC2. The number of fused-ring (bicyclic) bond motifs is 2. The van der Waals surface area contributed by atoms with Crippen LogP contribution in [0.5, 0.6) is 0 Å². The van der Waals surface area contributed by atoms with Crippen molar-refractivity contribution < 1.29 is 9.53 Å². The molecular formula is C22H31NO2. The van der Waals surface area contributed by atoms with Crippen molar-refractivity contribution in [1.82, 2.24) is 4.90 Å². The van der Waals surface area contributed by atoms with Gasteiger partial charge in [-0.25, -0.2) is 4.79 Å². The first-order valence-electron chi connectivity index (χ1n) is 9.37. The molecule has 0 N–H and O–H groups in total. The Bertz CT molecular complexity index is 691. The number of ether oxygens (including phenoxy) is 1. The van der Waals surface area contributed by atoms with Crippen LogP contribution in [0.15, 0.2) is 30.3 Å². The van der Waals surface area contributed by atoms with Crippen LogP contribution in [0, 0.1) is 0 Å². The Hall–Kier alpha value is -1.77. The van der Waals surface area contributed by atoms with Crippen molar-refractivity contribution in [2.45, 2.75) is 83.9 Å². The van der Waals surface area contributed by atoms with Crippen molar-refractivity contribution in [2.75, 3.05) is 0 Å². The summed E-state index contributed by atoms with van der Waals surface area (Å²) < 4.78 is 5.62. The highest BCUT2D eigenvalue weighted by atomic mass is 16.6. The maximum absolute atomic E-state index is 12.6. The molecule has 1 amide bonds. The number of hydrogen-bond donors (Lipinski definition) is 0. The molecular weight excluding hydrogens is 310 g/mol. The zero-order chi connectivity index (χ0) is 18.4. The zero-order valence-electron chi connectivity index (χ0n) is 16.4. The Morgan fingerprint density at radius 1 is 1.12 bits per heavy atom. The number of carbonyl (C=O) groups is 1. The highest BCUT2D eigenvalue weighted by Gasteiger charge is 2.41. The van der Waals surface area contributed by atoms with E-state index in [1.165, 1.54) is 16.7 Å². The number of hydrogen-bond acceptors (Lipinski definition) is 2. The summed E-state index contributed by atoms with van der Waals surface area (Å²) in [5.74, 6) is 0. The molecule has 3 rings (SSSR count). The zero-order valence-corrected chi connectivity index (χ0v) is 16.4. The van der Waals surface area contributed by atoms with Gasteiger partial charge in [0.25, 0.3) is 0 Å². The molecule has 2 heterocycles. The van der Waals surface area contributed by atoms with E-state index in [0.29, 0.717) is 0 Å². The fraction of sp³-hybridized carbons (Fsp3) is 0.591. The first-order chi connectivity index (χ1) is 11.5. The average Bonchev–Trinajstić information content (AvgIpc) is 2.75. The van der Waals surface area contributed by atoms with Crippen LogP contribution >= 0.6 is 0 Å². The van der Waals surface area contributed by atoms with Gasteiger partial charge in [-0.05, 0) is 62.1 Å². The Morgan fingerprint density at radius 2 is 1.84 bits per heavy atom. The first kappa shape index (κ1) is 18.0. The van der Waals surface area contributed by atoms with Crippen LogP contribution in [0.2, 0.25) is 0 Å². The molecule has 0 radical (unpaired) electrons. The van der Waals surface area contributed by atoms with Gasteiger partial charge in [-0.2, -0.15) is 0 Å². The van der Waals surface area contributed by atoms with E-state index in [9.17, 15) is 4.79 Å². The second kappa shape index (κ2) is 6.19. The van der Waals surface area contributed by atoms with Gasteiger partial charge < -0.3 is 4.74 Å². The summed E-state index contributed by atoms with van der Waals surface area (Å²) in [6.45, 7) is 12.5. The minimum Gasteiger partial charge on any atom is -0.444 e. The second-order valence-corrected chi connectivity index (χ2v) is 9.41. The molecule has 2 aliphatic heterocycles. The van der Waals surface area contributed by atoms with E-state index in [4.69, 9.17) is 4.74 Å². The molecule has 0 aromatic heterocycles. The molecule has 136 valence electrons. The van der Waals surface area contributed by atoms with Gasteiger partial charge in [-0.1, -0.05) is 51.1 Å². The van der Waals surface area contributed by atoms with Crippen molar-refractivity contribution in [3.8, 4) is 0 Å². The summed E-state index contributed by atoms with van der Waals surface area (Å²) in [5.41, 5.74) is 3.73. The van der Waals surface area contributed by atoms with Crippen LogP contribution in [0.25, 0.3) is 5.57 Å². The van der Waals surface area contributed by atoms with Gasteiger partial charge in [0.15, 0.2) is 0 Å². The van der Waals surface area contributed by atoms with E-state index in [0.717, 1.165) is 19.3 Å². The maximum Gasteiger partial charge on any atom is 0.411 e. The van der Waals surface area contributed by atoms with E-state index < -0.39 is 5.60 Å². The first-order valence-corrected chi connectivity index (χ1v) is 9.37. The summed E-state index contributed by atoms with van der Waals surface area (Å²) in [5, 5.41) is 0. The highest BCUT2D eigenvalue weighted by Crippen LogP contribution is 2.40. The molecule has 1 saturated heterocycles. The summed E-state index contributed by atoms with van der Waals surface area (Å²) in [4.78, 5) is 14.5. The molecule has 2 atom stereocenters. The lowest BCUT2D eigenvalue weighted by molar-refractivity contribution is 0.0175. The van der Waals surface area contributed by atoms with Crippen molar-refractivity contribution in [3.05, 3.63) is 41.5 Å². The number of rotatable bonds is 1. The molecule has 3 heteroatoms. The molecule has 2 unspecified atom stereocenters. The molecule has 0 saturated carbocycles. The third kappa shape index (κ3) is 3.91. The van der Waals surface area contributed by atoms with Crippen LogP contribution in [0.1, 0.15) is 71.9 Å². The lowest BCUT2D eigenvalue weighted by Crippen LogP contribution is -2.45. The molecule has 1 aromatic rings. The largest absolute Gasteiger partial charge is 0.444 e. The minimum absolute atomic E-state index is 0.146. The van der Waals surface area contributed by atoms with Gasteiger partial charge in [0.2, 0.25) is 0 Å². The smallest absolute Gasteiger partial charge is 0.411 e. The second-order valence-electron chi connectivity index (χ2n) is 9.41. The van der Waals surface area contributed by atoms with Gasteiger partial charge in [0.05, 0.1) is 6.04 Å². The third-order valence-electron chi connectivity index (χ3n) is 5.10. The predicted molar refractivity (Wildman–Crippen MR) is 103 cm³/mol. The lowest BCUT2D eigenvalue weighted by atomic mass is 9.84. The highest BCUT2D eigenvalue weighted by molar-refractivity contribution is 5.75. The Kier molecular flexibility index (Phi) is 4.47. The molecule has 1 fully saturated rings. The molecule has 1 aromatic carbocycles. The van der Waals surface area contributed by atoms with Crippen molar-refractivity contribution >= 4 is 11.7 Å². The van der Waals surface area contributed by atoms with E-state index in [1.807, 2.05) is 25.7 Å². The van der Waals surface area contributed by atoms with Crippen LogP contribution in [-0.4, -0.2) is 28.7 Å². The third-order valence-corrected chi connectivity index (χ3v) is 5.10. The molecule has 25 heavy (non-hydrogen) atoms. The maximum atomic E-state index is 12.6. The van der Waals surface area contributed by atoms with E-state index in [2.05, 4.69) is 51.1 Å². The lowest BCUT2D eigenvalue weighted by Gasteiger charge is -2.35. The number of nitrogens with zero attached hydrogens (tertiary/aromatic N) is 1. The summed E-state index contributed by atoms with van der Waals surface area (Å²) in [6.07, 6.45) is 5.13. The molecule has 0 aliphatic carbocycles. The fourth-order valence-corrected chi connectivity index (χ4v) is 3.83. The topological polar surface area (TPSA) is 29.5 Å². The standard InChI is InChI=1S/C22H31NO2/c1-21(2,3)17-9-7-8-15(12-17)16-13-18-10-11-19(14-16)23(18)20(24)25-22(4,5)6/h7-9,12-13,18-19H,10-11,14H2,1-6H3. The van der Waals surface area contributed by atoms with Crippen molar-refractivity contribution in [3.63, 3.8) is 0 Å². The average molecular weight is 341 g/mol. The quantitative estimate of drug-likeness (QED) is 0.671. The number of amides is 1. The Morgan fingerprint density at radius 3 is 2.44 bits per heavy atom. The molecule has 2 aliphatic rings. The summed E-state index contributed by atoms with van der Waals surface area (Å²) in [7, 11) is 0. The summed E-state index contributed by atoms with van der Waals surface area (Å²) in [6, 6.07) is 9.30. The van der Waals surface area contributed by atoms with Gasteiger partial charge in [0.1, 0.15) is 5.60 Å². The van der Waals surface area contributed by atoms with E-state index in [1.54, 1.807) is 0 Å². The Balaban J connectivity index is 1.84. The predicted octanol–water partition coefficient (Wildman–Crippen LogP) is 5.54. The van der Waals surface area contributed by atoms with Crippen LogP contribution in [-0.2, 0) is 10.2 Å². The van der Waals surface area contributed by atoms with E-state index >= 15 is 0 Å². The van der Waals surface area contributed by atoms with Crippen molar-refractivity contribution in [2.24, 2.45) is 0 Å². The molecule has 3 nitrogen and oxygen atoms in total. The fourth-order valence-electron chi connectivity index (χ4n) is 3.83. The van der Waals surface area contributed by atoms with Crippen molar-refractivity contribution in [1.29, 1.82) is 0 Å².